The standard InChI is InChI=1S/C15H17N3O3/c1-11-4-3-5-12(10-11)21-9-8-16-13-6-7-17-14(18-13)15(19)20-2/h3-7,10H,8-9H2,1-2H3,(H,16,17,18). The van der Waals surface area contributed by atoms with Crippen molar-refractivity contribution in [2.24, 2.45) is 0 Å². The molecule has 0 amide bonds. The molecule has 6 heteroatoms. The number of anilines is 1. The molecule has 0 saturated heterocycles. The number of nitrogens with zero attached hydrogens (tertiary/aromatic N) is 2. The summed E-state index contributed by atoms with van der Waals surface area (Å²) in [5.74, 6) is 0.852. The fourth-order valence-electron chi connectivity index (χ4n) is 1.70. The molecule has 0 fully saturated rings. The van der Waals surface area contributed by atoms with E-state index < -0.39 is 5.97 Å². The minimum atomic E-state index is -0.560. The first kappa shape index (κ1) is 14.8. The summed E-state index contributed by atoms with van der Waals surface area (Å²) in [5, 5.41) is 3.06. The maximum Gasteiger partial charge on any atom is 0.376 e. The molecule has 0 saturated carbocycles. The average Bonchev–Trinajstić information content (AvgIpc) is 2.51. The summed E-state index contributed by atoms with van der Waals surface area (Å²) in [5.41, 5.74) is 1.15. The molecule has 0 unspecified atom stereocenters. The number of hydrogen-bond acceptors (Lipinski definition) is 6. The third-order valence-corrected chi connectivity index (χ3v) is 2.69. The maximum atomic E-state index is 11.3. The van der Waals surface area contributed by atoms with E-state index in [-0.39, 0.29) is 5.82 Å². The number of hydrogen-bond donors (Lipinski definition) is 1. The van der Waals surface area contributed by atoms with Crippen molar-refractivity contribution in [1.29, 1.82) is 0 Å². The predicted molar refractivity (Wildman–Crippen MR) is 78.5 cm³/mol. The molecule has 0 spiro atoms. The van der Waals surface area contributed by atoms with Crippen LogP contribution >= 0.6 is 0 Å². The number of carbonyl (C=O) groups excluding carboxylic acids is 1. The first-order valence-corrected chi connectivity index (χ1v) is 6.54. The number of benzene rings is 1. The Labute approximate surface area is 123 Å². The highest BCUT2D eigenvalue weighted by atomic mass is 16.5. The molecule has 0 aliphatic heterocycles. The van der Waals surface area contributed by atoms with Crippen molar-refractivity contribution in [2.45, 2.75) is 6.92 Å². The first-order chi connectivity index (χ1) is 10.2. The lowest BCUT2D eigenvalue weighted by Crippen LogP contribution is -2.14. The molecule has 21 heavy (non-hydrogen) atoms. The van der Waals surface area contributed by atoms with Crippen molar-refractivity contribution in [3.8, 4) is 5.75 Å². The molecular formula is C15H17N3O3. The molecule has 2 rings (SSSR count). The summed E-state index contributed by atoms with van der Waals surface area (Å²) in [6, 6.07) is 9.53. The van der Waals surface area contributed by atoms with E-state index in [0.717, 1.165) is 11.3 Å². The van der Waals surface area contributed by atoms with Gasteiger partial charge in [-0.2, -0.15) is 0 Å². The summed E-state index contributed by atoms with van der Waals surface area (Å²) < 4.78 is 10.2. The lowest BCUT2D eigenvalue weighted by Gasteiger charge is -2.08. The van der Waals surface area contributed by atoms with Crippen molar-refractivity contribution in [3.63, 3.8) is 0 Å². The molecule has 1 heterocycles. The minimum absolute atomic E-state index is 0.0297. The van der Waals surface area contributed by atoms with Gasteiger partial charge in [-0.05, 0) is 30.7 Å². The highest BCUT2D eigenvalue weighted by Crippen LogP contribution is 2.12. The molecule has 1 N–H and O–H groups in total. The summed E-state index contributed by atoms with van der Waals surface area (Å²) >= 11 is 0. The van der Waals surface area contributed by atoms with E-state index in [1.165, 1.54) is 13.3 Å². The van der Waals surface area contributed by atoms with Crippen LogP contribution in [-0.2, 0) is 4.74 Å². The van der Waals surface area contributed by atoms with Gasteiger partial charge in [0.25, 0.3) is 0 Å². The second-order valence-electron chi connectivity index (χ2n) is 4.35. The molecule has 110 valence electrons. The van der Waals surface area contributed by atoms with Crippen LogP contribution in [0.5, 0.6) is 5.75 Å². The number of methoxy groups -OCH3 is 1. The Morgan fingerprint density at radius 2 is 2.19 bits per heavy atom. The maximum absolute atomic E-state index is 11.3. The van der Waals surface area contributed by atoms with Gasteiger partial charge in [-0.1, -0.05) is 12.1 Å². The average molecular weight is 287 g/mol. The van der Waals surface area contributed by atoms with Gasteiger partial charge in [-0.25, -0.2) is 14.8 Å². The fourth-order valence-corrected chi connectivity index (χ4v) is 1.70. The van der Waals surface area contributed by atoms with E-state index in [9.17, 15) is 4.79 Å². The summed E-state index contributed by atoms with van der Waals surface area (Å²) in [7, 11) is 1.29. The predicted octanol–water partition coefficient (Wildman–Crippen LogP) is 2.06. The van der Waals surface area contributed by atoms with Crippen LogP contribution in [-0.4, -0.2) is 36.2 Å². The number of ether oxygens (including phenoxy) is 2. The lowest BCUT2D eigenvalue weighted by molar-refractivity contribution is 0.0587. The Morgan fingerprint density at radius 3 is 2.95 bits per heavy atom. The number of esters is 1. The van der Waals surface area contributed by atoms with Gasteiger partial charge in [0.1, 0.15) is 18.2 Å². The minimum Gasteiger partial charge on any atom is -0.492 e. The van der Waals surface area contributed by atoms with Gasteiger partial charge < -0.3 is 14.8 Å². The van der Waals surface area contributed by atoms with Crippen LogP contribution in [0.1, 0.15) is 16.2 Å². The molecule has 1 aromatic heterocycles. The third kappa shape index (κ3) is 4.45. The Hall–Kier alpha value is -2.63. The molecule has 0 bridgehead atoms. The van der Waals surface area contributed by atoms with Crippen LogP contribution in [0.3, 0.4) is 0 Å². The smallest absolute Gasteiger partial charge is 0.376 e. The second kappa shape index (κ2) is 7.23. The van der Waals surface area contributed by atoms with Crippen molar-refractivity contribution in [2.75, 3.05) is 25.6 Å². The van der Waals surface area contributed by atoms with Crippen LogP contribution in [0.4, 0.5) is 5.82 Å². The van der Waals surface area contributed by atoms with Crippen molar-refractivity contribution >= 4 is 11.8 Å². The summed E-state index contributed by atoms with van der Waals surface area (Å²) in [4.78, 5) is 19.2. The Kier molecular flexibility index (Phi) is 5.09. The van der Waals surface area contributed by atoms with Gasteiger partial charge in [-0.3, -0.25) is 0 Å². The summed E-state index contributed by atoms with van der Waals surface area (Å²) in [6.07, 6.45) is 1.50. The van der Waals surface area contributed by atoms with E-state index in [1.807, 2.05) is 31.2 Å². The zero-order valence-corrected chi connectivity index (χ0v) is 12.0. The van der Waals surface area contributed by atoms with Crippen LogP contribution in [0.2, 0.25) is 0 Å². The van der Waals surface area contributed by atoms with Crippen molar-refractivity contribution in [3.05, 3.63) is 47.9 Å². The van der Waals surface area contributed by atoms with Crippen LogP contribution in [0.25, 0.3) is 0 Å². The fraction of sp³-hybridized carbons (Fsp3) is 0.267. The van der Waals surface area contributed by atoms with Gasteiger partial charge in [-0.15, -0.1) is 0 Å². The molecule has 0 aliphatic rings. The second-order valence-corrected chi connectivity index (χ2v) is 4.35. The van der Waals surface area contributed by atoms with E-state index in [4.69, 9.17) is 4.74 Å². The third-order valence-electron chi connectivity index (χ3n) is 2.69. The number of aryl methyl sites for hydroxylation is 1. The summed E-state index contributed by atoms with van der Waals surface area (Å²) in [6.45, 7) is 3.06. The SMILES string of the molecule is COC(=O)c1nccc(NCCOc2cccc(C)c2)n1. The molecule has 1 aromatic carbocycles. The van der Waals surface area contributed by atoms with Gasteiger partial charge in [0.15, 0.2) is 0 Å². The van der Waals surface area contributed by atoms with Crippen LogP contribution < -0.4 is 10.1 Å². The largest absolute Gasteiger partial charge is 0.492 e. The van der Waals surface area contributed by atoms with Gasteiger partial charge in [0.05, 0.1) is 13.7 Å². The monoisotopic (exact) mass is 287 g/mol. The van der Waals surface area contributed by atoms with E-state index in [2.05, 4.69) is 20.0 Å². The number of aromatic nitrogens is 2. The molecule has 0 atom stereocenters. The molecular weight excluding hydrogens is 270 g/mol. The van der Waals surface area contributed by atoms with Crippen LogP contribution in [0, 0.1) is 6.92 Å². The van der Waals surface area contributed by atoms with E-state index in [0.29, 0.717) is 19.0 Å². The number of nitrogens with one attached hydrogen (secondary N) is 1. The zero-order valence-electron chi connectivity index (χ0n) is 12.0. The topological polar surface area (TPSA) is 73.3 Å². The highest BCUT2D eigenvalue weighted by Gasteiger charge is 2.09. The number of carbonyl (C=O) groups is 1. The Morgan fingerprint density at radius 1 is 1.33 bits per heavy atom. The van der Waals surface area contributed by atoms with Crippen LogP contribution in [0.15, 0.2) is 36.5 Å². The first-order valence-electron chi connectivity index (χ1n) is 6.54. The zero-order chi connectivity index (χ0) is 15.1. The quantitative estimate of drug-likeness (QED) is 0.647. The molecule has 0 aliphatic carbocycles. The van der Waals surface area contributed by atoms with E-state index >= 15 is 0 Å². The van der Waals surface area contributed by atoms with Gasteiger partial charge in [0, 0.05) is 6.20 Å². The van der Waals surface area contributed by atoms with Crippen molar-refractivity contribution < 1.29 is 14.3 Å². The van der Waals surface area contributed by atoms with E-state index in [1.54, 1.807) is 6.07 Å². The van der Waals surface area contributed by atoms with Gasteiger partial charge in [0.2, 0.25) is 5.82 Å². The Balaban J connectivity index is 1.82. The molecule has 2 aromatic rings. The highest BCUT2D eigenvalue weighted by molar-refractivity contribution is 5.85. The van der Waals surface area contributed by atoms with Gasteiger partial charge >= 0.3 is 5.97 Å². The number of rotatable bonds is 6. The molecule has 6 nitrogen and oxygen atoms in total. The Bertz CT molecular complexity index is 617. The molecule has 0 radical (unpaired) electrons. The normalized spacial score (nSPS) is 10.0. The van der Waals surface area contributed by atoms with Crippen molar-refractivity contribution in [1.82, 2.24) is 9.97 Å². The lowest BCUT2D eigenvalue weighted by atomic mass is 10.2.